The second-order valence-corrected chi connectivity index (χ2v) is 8.87. The van der Waals surface area contributed by atoms with Crippen molar-refractivity contribution >= 4 is 9.84 Å². The Hall–Kier alpha value is -0.0900. The van der Waals surface area contributed by atoms with E-state index < -0.39 is 9.84 Å². The average molecular weight is 287 g/mol. The van der Waals surface area contributed by atoms with Crippen LogP contribution in [0.15, 0.2) is 0 Å². The van der Waals surface area contributed by atoms with Gasteiger partial charge in [0.2, 0.25) is 0 Å². The lowest BCUT2D eigenvalue weighted by atomic mass is 9.81. The van der Waals surface area contributed by atoms with Crippen molar-refractivity contribution in [2.24, 2.45) is 5.92 Å². The van der Waals surface area contributed by atoms with Gasteiger partial charge in [-0.05, 0) is 38.0 Å². The Labute approximate surface area is 118 Å². The maximum absolute atomic E-state index is 11.7. The molecule has 4 atom stereocenters. The Morgan fingerprint density at radius 1 is 1.05 bits per heavy atom. The summed E-state index contributed by atoms with van der Waals surface area (Å²) in [6.45, 7) is 2.28. The summed E-state index contributed by atoms with van der Waals surface area (Å²) >= 11 is 0. The Bertz CT molecular complexity index is 380. The van der Waals surface area contributed by atoms with Crippen molar-refractivity contribution < 1.29 is 8.42 Å². The minimum absolute atomic E-state index is 0.109. The molecule has 0 aromatic rings. The molecule has 19 heavy (non-hydrogen) atoms. The monoisotopic (exact) mass is 287 g/mol. The lowest BCUT2D eigenvalue weighted by Gasteiger charge is -2.37. The average Bonchev–Trinajstić information content (AvgIpc) is 2.39. The number of hydrogen-bond acceptors (Lipinski definition) is 3. The van der Waals surface area contributed by atoms with E-state index in [0.717, 1.165) is 31.6 Å². The minimum Gasteiger partial charge on any atom is -0.311 e. The van der Waals surface area contributed by atoms with Crippen LogP contribution < -0.4 is 5.32 Å². The van der Waals surface area contributed by atoms with Gasteiger partial charge in [-0.2, -0.15) is 0 Å². The summed E-state index contributed by atoms with van der Waals surface area (Å²) in [6.07, 6.45) is 11.9. The second-order valence-electron chi connectivity index (χ2n) is 6.54. The summed E-state index contributed by atoms with van der Waals surface area (Å²) in [5, 5.41) is 3.69. The molecule has 0 aromatic heterocycles. The molecule has 3 nitrogen and oxygen atoms in total. The zero-order valence-electron chi connectivity index (χ0n) is 12.4. The Kier molecular flexibility index (Phi) is 5.29. The van der Waals surface area contributed by atoms with E-state index in [1.807, 2.05) is 0 Å². The largest absolute Gasteiger partial charge is 0.311 e. The molecule has 112 valence electrons. The van der Waals surface area contributed by atoms with Crippen molar-refractivity contribution in [1.29, 1.82) is 0 Å². The Morgan fingerprint density at radius 3 is 2.47 bits per heavy atom. The molecule has 2 rings (SSSR count). The first-order chi connectivity index (χ1) is 9.00. The van der Waals surface area contributed by atoms with Crippen molar-refractivity contribution in [3.05, 3.63) is 0 Å². The van der Waals surface area contributed by atoms with E-state index in [0.29, 0.717) is 12.1 Å². The van der Waals surface area contributed by atoms with Crippen molar-refractivity contribution in [2.75, 3.05) is 6.26 Å². The maximum Gasteiger partial charge on any atom is 0.150 e. The number of nitrogens with one attached hydrogen (secondary N) is 1. The normalized spacial score (nSPS) is 37.2. The Morgan fingerprint density at radius 2 is 1.79 bits per heavy atom. The highest BCUT2D eigenvalue weighted by atomic mass is 32.2. The van der Waals surface area contributed by atoms with E-state index in [1.165, 1.54) is 38.4 Å². The van der Waals surface area contributed by atoms with Gasteiger partial charge < -0.3 is 5.32 Å². The lowest BCUT2D eigenvalue weighted by Crippen LogP contribution is -2.47. The molecule has 0 spiro atoms. The summed E-state index contributed by atoms with van der Waals surface area (Å²) in [7, 11) is -2.86. The highest BCUT2D eigenvalue weighted by Gasteiger charge is 2.32. The SMILES string of the molecule is CCC1CCCCC1NC1CCCC(S(C)(=O)=O)C1. The smallest absolute Gasteiger partial charge is 0.150 e. The maximum atomic E-state index is 11.7. The molecule has 0 amide bonds. The van der Waals surface area contributed by atoms with E-state index in [9.17, 15) is 8.42 Å². The van der Waals surface area contributed by atoms with Gasteiger partial charge in [0.05, 0.1) is 5.25 Å². The number of rotatable bonds is 4. The Balaban J connectivity index is 1.91. The lowest BCUT2D eigenvalue weighted by molar-refractivity contribution is 0.218. The van der Waals surface area contributed by atoms with Crippen LogP contribution in [0.5, 0.6) is 0 Å². The zero-order valence-corrected chi connectivity index (χ0v) is 13.2. The first-order valence-corrected chi connectivity index (χ1v) is 9.91. The molecule has 2 aliphatic rings. The topological polar surface area (TPSA) is 46.2 Å². The molecular weight excluding hydrogens is 258 g/mol. The summed E-state index contributed by atoms with van der Waals surface area (Å²) in [5.41, 5.74) is 0. The van der Waals surface area contributed by atoms with E-state index >= 15 is 0 Å². The van der Waals surface area contributed by atoms with E-state index in [1.54, 1.807) is 0 Å². The minimum atomic E-state index is -2.86. The van der Waals surface area contributed by atoms with Crippen molar-refractivity contribution in [1.82, 2.24) is 5.32 Å². The highest BCUT2D eigenvalue weighted by Crippen LogP contribution is 2.30. The predicted octanol–water partition coefficient (Wildman–Crippen LogP) is 2.90. The van der Waals surface area contributed by atoms with E-state index in [4.69, 9.17) is 0 Å². The van der Waals surface area contributed by atoms with Gasteiger partial charge in [-0.15, -0.1) is 0 Å². The van der Waals surface area contributed by atoms with Gasteiger partial charge in [-0.1, -0.05) is 32.6 Å². The third kappa shape index (κ3) is 4.19. The summed E-state index contributed by atoms with van der Waals surface area (Å²) in [4.78, 5) is 0. The molecule has 0 aliphatic heterocycles. The van der Waals surface area contributed by atoms with Gasteiger partial charge in [-0.3, -0.25) is 0 Å². The first-order valence-electron chi connectivity index (χ1n) is 7.95. The molecule has 2 fully saturated rings. The van der Waals surface area contributed by atoms with Crippen molar-refractivity contribution in [3.8, 4) is 0 Å². The molecule has 0 radical (unpaired) electrons. The summed E-state index contributed by atoms with van der Waals surface area (Å²) < 4.78 is 23.4. The van der Waals surface area contributed by atoms with Crippen LogP contribution in [-0.2, 0) is 9.84 Å². The molecule has 0 bridgehead atoms. The molecule has 0 heterocycles. The van der Waals surface area contributed by atoms with Crippen molar-refractivity contribution in [2.45, 2.75) is 82.0 Å². The van der Waals surface area contributed by atoms with Crippen LogP contribution in [0.4, 0.5) is 0 Å². The van der Waals surface area contributed by atoms with Gasteiger partial charge in [0, 0.05) is 18.3 Å². The fourth-order valence-electron chi connectivity index (χ4n) is 3.90. The van der Waals surface area contributed by atoms with E-state index in [2.05, 4.69) is 12.2 Å². The molecular formula is C15H29NO2S. The van der Waals surface area contributed by atoms with Crippen LogP contribution in [-0.4, -0.2) is 32.0 Å². The molecule has 4 unspecified atom stereocenters. The van der Waals surface area contributed by atoms with Crippen LogP contribution in [0.2, 0.25) is 0 Å². The first kappa shape index (κ1) is 15.3. The fourth-order valence-corrected chi connectivity index (χ4v) is 5.08. The van der Waals surface area contributed by atoms with Gasteiger partial charge in [0.25, 0.3) is 0 Å². The fraction of sp³-hybridized carbons (Fsp3) is 1.00. The molecule has 1 N–H and O–H groups in total. The van der Waals surface area contributed by atoms with Gasteiger partial charge in [0.1, 0.15) is 9.84 Å². The standard InChI is InChI=1S/C15H29NO2S/c1-3-12-7-4-5-10-15(12)16-13-8-6-9-14(11-13)19(2,17)18/h12-16H,3-11H2,1-2H3. The van der Waals surface area contributed by atoms with Crippen LogP contribution in [0.25, 0.3) is 0 Å². The van der Waals surface area contributed by atoms with Crippen LogP contribution in [0, 0.1) is 5.92 Å². The third-order valence-electron chi connectivity index (χ3n) is 5.11. The number of sulfone groups is 1. The number of hydrogen-bond donors (Lipinski definition) is 1. The predicted molar refractivity (Wildman–Crippen MR) is 80.1 cm³/mol. The van der Waals surface area contributed by atoms with Crippen LogP contribution in [0.1, 0.15) is 64.7 Å². The third-order valence-corrected chi connectivity index (χ3v) is 6.75. The van der Waals surface area contributed by atoms with Crippen molar-refractivity contribution in [3.63, 3.8) is 0 Å². The summed E-state index contributed by atoms with van der Waals surface area (Å²) in [5.74, 6) is 0.798. The molecule has 2 saturated carbocycles. The summed E-state index contributed by atoms with van der Waals surface area (Å²) in [6, 6.07) is 1.05. The van der Waals surface area contributed by atoms with Gasteiger partial charge in [-0.25, -0.2) is 8.42 Å². The molecule has 0 saturated heterocycles. The van der Waals surface area contributed by atoms with Gasteiger partial charge in [0.15, 0.2) is 0 Å². The molecule has 2 aliphatic carbocycles. The zero-order chi connectivity index (χ0) is 13.9. The second kappa shape index (κ2) is 6.57. The van der Waals surface area contributed by atoms with Crippen LogP contribution >= 0.6 is 0 Å². The van der Waals surface area contributed by atoms with E-state index in [-0.39, 0.29) is 5.25 Å². The quantitative estimate of drug-likeness (QED) is 0.865. The van der Waals surface area contributed by atoms with Gasteiger partial charge >= 0.3 is 0 Å². The molecule has 4 heteroatoms. The van der Waals surface area contributed by atoms with Crippen LogP contribution in [0.3, 0.4) is 0 Å². The molecule has 0 aromatic carbocycles. The highest BCUT2D eigenvalue weighted by molar-refractivity contribution is 7.91.